The molecule has 144 valence electrons. The summed E-state index contributed by atoms with van der Waals surface area (Å²) in [5.41, 5.74) is 3.96. The van der Waals surface area contributed by atoms with Crippen molar-refractivity contribution in [2.75, 3.05) is 6.61 Å². The highest BCUT2D eigenvalue weighted by Crippen LogP contribution is 2.30. The maximum atomic E-state index is 12.4. The molecule has 2 aromatic carbocycles. The zero-order chi connectivity index (χ0) is 19.3. The van der Waals surface area contributed by atoms with Crippen molar-refractivity contribution in [2.45, 2.75) is 64.3 Å². The Labute approximate surface area is 163 Å². The van der Waals surface area contributed by atoms with Crippen LogP contribution in [-0.4, -0.2) is 18.6 Å². The van der Waals surface area contributed by atoms with Crippen LogP contribution in [0.3, 0.4) is 0 Å². The summed E-state index contributed by atoms with van der Waals surface area (Å²) in [6.45, 7) is 6.58. The number of hydrogen-bond donors (Lipinski definition) is 1. The number of benzene rings is 2. The third-order valence-electron chi connectivity index (χ3n) is 5.49. The topological polar surface area (TPSA) is 38.3 Å². The van der Waals surface area contributed by atoms with E-state index in [2.05, 4.69) is 56.4 Å². The Kier molecular flexibility index (Phi) is 6.20. The van der Waals surface area contributed by atoms with Crippen LogP contribution in [0.1, 0.15) is 56.7 Å². The first-order valence-electron chi connectivity index (χ1n) is 10.0. The highest BCUT2D eigenvalue weighted by atomic mass is 16.5. The van der Waals surface area contributed by atoms with E-state index < -0.39 is 0 Å². The number of nitrogens with one attached hydrogen (secondary N) is 1. The molecule has 0 radical (unpaired) electrons. The zero-order valence-electron chi connectivity index (χ0n) is 16.8. The maximum absolute atomic E-state index is 12.4. The van der Waals surface area contributed by atoms with E-state index in [1.807, 2.05) is 18.2 Å². The third-order valence-corrected chi connectivity index (χ3v) is 5.49. The van der Waals surface area contributed by atoms with E-state index in [9.17, 15) is 4.79 Å². The zero-order valence-corrected chi connectivity index (χ0v) is 16.8. The molecule has 2 aromatic rings. The van der Waals surface area contributed by atoms with Crippen molar-refractivity contribution in [3.05, 3.63) is 65.2 Å². The van der Waals surface area contributed by atoms with Gasteiger partial charge in [0, 0.05) is 6.04 Å². The average Bonchev–Trinajstić information content (AvgIpc) is 2.66. The molecule has 0 unspecified atom stereocenters. The third kappa shape index (κ3) is 5.12. The number of aryl methyl sites for hydroxylation is 1. The molecule has 0 saturated carbocycles. The van der Waals surface area contributed by atoms with E-state index in [1.54, 1.807) is 0 Å². The molecule has 3 heteroatoms. The molecule has 0 aliphatic heterocycles. The van der Waals surface area contributed by atoms with Gasteiger partial charge in [-0.15, -0.1) is 0 Å². The highest BCUT2D eigenvalue weighted by Gasteiger charge is 2.24. The van der Waals surface area contributed by atoms with Crippen LogP contribution in [-0.2, 0) is 23.1 Å². The van der Waals surface area contributed by atoms with Gasteiger partial charge in [0.25, 0.3) is 5.91 Å². The van der Waals surface area contributed by atoms with Gasteiger partial charge in [0.05, 0.1) is 0 Å². The van der Waals surface area contributed by atoms with Crippen molar-refractivity contribution >= 4 is 5.91 Å². The fourth-order valence-electron chi connectivity index (χ4n) is 4.16. The van der Waals surface area contributed by atoms with E-state index in [1.165, 1.54) is 29.5 Å². The summed E-state index contributed by atoms with van der Waals surface area (Å²) < 4.78 is 5.87. The van der Waals surface area contributed by atoms with Gasteiger partial charge >= 0.3 is 0 Å². The van der Waals surface area contributed by atoms with Crippen LogP contribution in [0.4, 0.5) is 0 Å². The quantitative estimate of drug-likeness (QED) is 0.764. The normalized spacial score (nSPS) is 14.9. The fourth-order valence-corrected chi connectivity index (χ4v) is 4.16. The Balaban J connectivity index is 1.52. The maximum Gasteiger partial charge on any atom is 0.258 e. The lowest BCUT2D eigenvalue weighted by molar-refractivity contribution is -0.123. The average molecular weight is 366 g/mol. The minimum absolute atomic E-state index is 0.00726. The molecule has 0 spiro atoms. The second-order valence-electron chi connectivity index (χ2n) is 8.31. The van der Waals surface area contributed by atoms with Crippen LogP contribution in [0.2, 0.25) is 0 Å². The van der Waals surface area contributed by atoms with Gasteiger partial charge < -0.3 is 10.1 Å². The molecular formula is C24H31NO2. The largest absolute Gasteiger partial charge is 0.483 e. The molecule has 0 aromatic heterocycles. The predicted octanol–water partition coefficient (Wildman–Crippen LogP) is 4.82. The smallest absolute Gasteiger partial charge is 0.258 e. The van der Waals surface area contributed by atoms with Crippen molar-refractivity contribution in [1.82, 2.24) is 5.32 Å². The van der Waals surface area contributed by atoms with Gasteiger partial charge in [-0.1, -0.05) is 56.3 Å². The molecule has 0 saturated heterocycles. The fraction of sp³-hybridized carbons (Fsp3) is 0.458. The minimum Gasteiger partial charge on any atom is -0.483 e. The lowest BCUT2D eigenvalue weighted by Gasteiger charge is -2.29. The van der Waals surface area contributed by atoms with Crippen molar-refractivity contribution in [3.8, 4) is 5.75 Å². The van der Waals surface area contributed by atoms with E-state index >= 15 is 0 Å². The van der Waals surface area contributed by atoms with Crippen LogP contribution >= 0.6 is 0 Å². The molecule has 1 N–H and O–H groups in total. The number of carbonyl (C=O) groups is 1. The lowest BCUT2D eigenvalue weighted by Crippen LogP contribution is -2.39. The van der Waals surface area contributed by atoms with E-state index in [-0.39, 0.29) is 24.0 Å². The summed E-state index contributed by atoms with van der Waals surface area (Å²) in [5, 5.41) is 3.09. The number of rotatable bonds is 7. The molecule has 27 heavy (non-hydrogen) atoms. The first kappa shape index (κ1) is 19.5. The number of hydrogen-bond acceptors (Lipinski definition) is 2. The van der Waals surface area contributed by atoms with Gasteiger partial charge in [-0.3, -0.25) is 4.79 Å². The van der Waals surface area contributed by atoms with Crippen molar-refractivity contribution < 1.29 is 9.53 Å². The molecule has 1 aliphatic rings. The van der Waals surface area contributed by atoms with E-state index in [0.29, 0.717) is 0 Å². The van der Waals surface area contributed by atoms with Gasteiger partial charge in [-0.05, 0) is 67.2 Å². The monoisotopic (exact) mass is 365 g/mol. The number of fused-ring (bicyclic) bond motifs is 1. The summed E-state index contributed by atoms with van der Waals surface area (Å²) in [7, 11) is 0. The van der Waals surface area contributed by atoms with Crippen molar-refractivity contribution in [1.29, 1.82) is 0 Å². The van der Waals surface area contributed by atoms with Crippen molar-refractivity contribution in [3.63, 3.8) is 0 Å². The standard InChI is InChI=1S/C24H31NO2/c1-18(16-24(2,3)20-12-5-4-6-13-20)25-23(26)17-27-22-15-9-11-19-10-7-8-14-21(19)22/h4-6,9,11-13,15,18H,7-8,10,14,16-17H2,1-3H3,(H,25,26)/t18-/m1/s1. The summed E-state index contributed by atoms with van der Waals surface area (Å²) in [4.78, 5) is 12.4. The predicted molar refractivity (Wildman–Crippen MR) is 110 cm³/mol. The van der Waals surface area contributed by atoms with Crippen molar-refractivity contribution in [2.24, 2.45) is 0 Å². The Morgan fingerprint density at radius 1 is 1.07 bits per heavy atom. The molecule has 0 fully saturated rings. The van der Waals surface area contributed by atoms with Gasteiger partial charge in [0.15, 0.2) is 6.61 Å². The Morgan fingerprint density at radius 2 is 1.81 bits per heavy atom. The number of amides is 1. The molecule has 1 atom stereocenters. The van der Waals surface area contributed by atoms with Crippen LogP contribution in [0.15, 0.2) is 48.5 Å². The Hall–Kier alpha value is -2.29. The first-order chi connectivity index (χ1) is 13.0. The van der Waals surface area contributed by atoms with E-state index in [4.69, 9.17) is 4.74 Å². The van der Waals surface area contributed by atoms with E-state index in [0.717, 1.165) is 25.0 Å². The molecule has 3 rings (SSSR count). The van der Waals surface area contributed by atoms with Crippen LogP contribution < -0.4 is 10.1 Å². The van der Waals surface area contributed by atoms with Gasteiger partial charge in [-0.25, -0.2) is 0 Å². The molecule has 0 bridgehead atoms. The molecule has 1 amide bonds. The summed E-state index contributed by atoms with van der Waals surface area (Å²) >= 11 is 0. The SMILES string of the molecule is C[C@H](CC(C)(C)c1ccccc1)NC(=O)COc1cccc2c1CCCC2. The summed E-state index contributed by atoms with van der Waals surface area (Å²) in [5.74, 6) is 0.819. The molecule has 3 nitrogen and oxygen atoms in total. The second kappa shape index (κ2) is 8.60. The minimum atomic E-state index is -0.0558. The molecule has 1 aliphatic carbocycles. The number of carbonyl (C=O) groups excluding carboxylic acids is 1. The first-order valence-corrected chi connectivity index (χ1v) is 10.0. The number of ether oxygens (including phenoxy) is 1. The summed E-state index contributed by atoms with van der Waals surface area (Å²) in [6, 6.07) is 16.7. The van der Waals surface area contributed by atoms with Gasteiger partial charge in [-0.2, -0.15) is 0 Å². The molecule has 0 heterocycles. The lowest BCUT2D eigenvalue weighted by atomic mass is 9.79. The Morgan fingerprint density at radius 3 is 2.59 bits per heavy atom. The van der Waals surface area contributed by atoms with Crippen LogP contribution in [0.25, 0.3) is 0 Å². The van der Waals surface area contributed by atoms with Gasteiger partial charge in [0.1, 0.15) is 5.75 Å². The van der Waals surface area contributed by atoms with Crippen LogP contribution in [0.5, 0.6) is 5.75 Å². The van der Waals surface area contributed by atoms with Crippen LogP contribution in [0, 0.1) is 0 Å². The van der Waals surface area contributed by atoms with Gasteiger partial charge in [0.2, 0.25) is 0 Å². The Bertz CT molecular complexity index is 767. The highest BCUT2D eigenvalue weighted by molar-refractivity contribution is 5.77. The summed E-state index contributed by atoms with van der Waals surface area (Å²) in [6.07, 6.45) is 5.49. The second-order valence-corrected chi connectivity index (χ2v) is 8.31. The molecular weight excluding hydrogens is 334 g/mol.